The van der Waals surface area contributed by atoms with Crippen LogP contribution in [0.4, 0.5) is 0 Å². The van der Waals surface area contributed by atoms with Gasteiger partial charge in [-0.2, -0.15) is 8.75 Å². The van der Waals surface area contributed by atoms with Crippen LogP contribution in [0.5, 0.6) is 0 Å². The van der Waals surface area contributed by atoms with Crippen LogP contribution in [-0.2, 0) is 10.8 Å². The fourth-order valence-corrected chi connectivity index (χ4v) is 18.7. The van der Waals surface area contributed by atoms with Crippen LogP contribution in [-0.4, -0.2) is 13.3 Å². The van der Waals surface area contributed by atoms with Crippen molar-refractivity contribution in [1.82, 2.24) is 13.3 Å². The van der Waals surface area contributed by atoms with Crippen molar-refractivity contribution in [1.29, 1.82) is 0 Å². The summed E-state index contributed by atoms with van der Waals surface area (Å²) in [7, 11) is 0. The van der Waals surface area contributed by atoms with Crippen molar-refractivity contribution in [2.75, 3.05) is 0 Å². The lowest BCUT2D eigenvalue weighted by molar-refractivity contribution is 0.398. The molecule has 0 N–H and O–H groups in total. The lowest BCUT2D eigenvalue weighted by Gasteiger charge is -2.33. The van der Waals surface area contributed by atoms with Gasteiger partial charge in [0.2, 0.25) is 0 Å². The number of aromatic nitrogens is 3. The first-order chi connectivity index (χ1) is 41.0. The predicted octanol–water partition coefficient (Wildman–Crippen LogP) is 27.2. The van der Waals surface area contributed by atoms with Gasteiger partial charge in [0.25, 0.3) is 0 Å². The van der Waals surface area contributed by atoms with E-state index in [2.05, 4.69) is 129 Å². The summed E-state index contributed by atoms with van der Waals surface area (Å²) < 4.78 is 12.7. The van der Waals surface area contributed by atoms with Crippen molar-refractivity contribution in [2.45, 2.75) is 328 Å². The van der Waals surface area contributed by atoms with Crippen LogP contribution in [0.2, 0.25) is 0 Å². The zero-order valence-corrected chi connectivity index (χ0v) is 56.1. The summed E-state index contributed by atoms with van der Waals surface area (Å²) in [6, 6.07) is 23.9. The molecule has 9 rings (SSSR count). The molecule has 3 aromatic carbocycles. The average Bonchev–Trinajstić information content (AvgIpc) is 1.86. The second-order valence-corrected chi connectivity index (χ2v) is 29.2. The first-order valence-corrected chi connectivity index (χ1v) is 38.0. The molecule has 0 atom stereocenters. The van der Waals surface area contributed by atoms with Crippen molar-refractivity contribution < 1.29 is 0 Å². The van der Waals surface area contributed by atoms with Gasteiger partial charge < -0.3 is 4.57 Å². The Morgan fingerprint density at radius 1 is 0.398 bits per heavy atom. The molecule has 454 valence electrons. The van der Waals surface area contributed by atoms with E-state index in [4.69, 9.17) is 8.75 Å². The maximum Gasteiger partial charge on any atom is 0.113 e. The van der Waals surface area contributed by atoms with Crippen LogP contribution in [0, 0.1) is 0 Å². The lowest BCUT2D eigenvalue weighted by atomic mass is 9.70. The Morgan fingerprint density at radius 2 is 0.819 bits per heavy atom. The molecular weight excluding hydrogens is 1060 g/mol. The van der Waals surface area contributed by atoms with Crippen molar-refractivity contribution in [3.05, 3.63) is 82.2 Å². The Bertz CT molecular complexity index is 2960. The monoisotopic (exact) mass is 1180 g/mol. The number of fused-ring (bicyclic) bond motifs is 10. The number of nitrogens with zero attached hydrogens (tertiary/aromatic N) is 3. The second kappa shape index (κ2) is 33.1. The third-order valence-corrected chi connectivity index (χ3v) is 23.2. The van der Waals surface area contributed by atoms with E-state index < -0.39 is 0 Å². The molecule has 0 aliphatic heterocycles. The number of unbranched alkanes of at least 4 members (excludes halogenated alkanes) is 30. The zero-order valence-electron chi connectivity index (χ0n) is 53.6. The molecule has 0 saturated carbocycles. The van der Waals surface area contributed by atoms with E-state index in [0.717, 1.165) is 11.0 Å². The van der Waals surface area contributed by atoms with Gasteiger partial charge >= 0.3 is 0 Å². The Kier molecular flexibility index (Phi) is 25.6. The van der Waals surface area contributed by atoms with E-state index in [1.807, 2.05) is 0 Å². The SMILES string of the molecule is CCCCCCCCC(CCCCCCCC)n1c2cc3c(cc2c2cc4c(cc21)-c1sc(-c2cccc5nsnc25)cc1C4(CCCCCCCC)CCCCCCCC)C(CCCCCCCC)(CCCCCCCC)c1ccsc1-3. The zero-order chi connectivity index (χ0) is 57.7. The molecule has 7 aromatic rings. The van der Waals surface area contributed by atoms with Crippen molar-refractivity contribution in [3.63, 3.8) is 0 Å². The number of hydrogen-bond acceptors (Lipinski definition) is 5. The maximum atomic E-state index is 4.96. The van der Waals surface area contributed by atoms with Gasteiger partial charge in [0.15, 0.2) is 0 Å². The summed E-state index contributed by atoms with van der Waals surface area (Å²) in [6.45, 7) is 14.2. The van der Waals surface area contributed by atoms with Gasteiger partial charge in [-0.25, -0.2) is 0 Å². The Labute approximate surface area is 518 Å². The highest BCUT2D eigenvalue weighted by atomic mass is 32.1. The van der Waals surface area contributed by atoms with Crippen LogP contribution in [0.1, 0.15) is 340 Å². The van der Waals surface area contributed by atoms with E-state index in [-0.39, 0.29) is 10.8 Å². The summed E-state index contributed by atoms with van der Waals surface area (Å²) >= 11 is 5.51. The van der Waals surface area contributed by atoms with Gasteiger partial charge in [-0.05, 0) is 120 Å². The smallest absolute Gasteiger partial charge is 0.113 e. The largest absolute Gasteiger partial charge is 0.337 e. The molecule has 0 amide bonds. The van der Waals surface area contributed by atoms with E-state index in [1.54, 1.807) is 53.9 Å². The minimum Gasteiger partial charge on any atom is -0.337 e. The van der Waals surface area contributed by atoms with Crippen LogP contribution in [0.3, 0.4) is 0 Å². The van der Waals surface area contributed by atoms with Crippen LogP contribution in [0.25, 0.3) is 64.2 Å². The minimum absolute atomic E-state index is 0.0116. The van der Waals surface area contributed by atoms with Crippen molar-refractivity contribution in [3.8, 4) is 31.3 Å². The number of benzene rings is 3. The van der Waals surface area contributed by atoms with Gasteiger partial charge in [0, 0.05) is 47.8 Å². The highest BCUT2D eigenvalue weighted by molar-refractivity contribution is 7.19. The Balaban J connectivity index is 1.26. The van der Waals surface area contributed by atoms with Gasteiger partial charge in [-0.1, -0.05) is 285 Å². The summed E-state index contributed by atoms with van der Waals surface area (Å²) in [5, 5.41) is 5.60. The van der Waals surface area contributed by atoms with Crippen LogP contribution >= 0.6 is 34.4 Å². The van der Waals surface area contributed by atoms with Gasteiger partial charge in [-0.15, -0.1) is 22.7 Å². The Morgan fingerprint density at radius 3 is 1.29 bits per heavy atom. The molecule has 4 heterocycles. The molecule has 0 saturated heterocycles. The molecule has 0 fully saturated rings. The molecule has 4 aromatic heterocycles. The van der Waals surface area contributed by atoms with Gasteiger partial charge in [0.05, 0.1) is 22.8 Å². The summed E-state index contributed by atoms with van der Waals surface area (Å²) in [4.78, 5) is 4.53. The third-order valence-electron chi connectivity index (χ3n) is 20.6. The molecule has 0 radical (unpaired) electrons. The lowest BCUT2D eigenvalue weighted by Crippen LogP contribution is -2.25. The Hall–Kier alpha value is -3.32. The summed E-state index contributed by atoms with van der Waals surface area (Å²) in [5.74, 6) is 0. The maximum absolute atomic E-state index is 4.96. The van der Waals surface area contributed by atoms with Gasteiger partial charge in [-0.3, -0.25) is 0 Å². The van der Waals surface area contributed by atoms with Crippen LogP contribution < -0.4 is 0 Å². The van der Waals surface area contributed by atoms with Crippen LogP contribution in [0.15, 0.2) is 60.0 Å². The van der Waals surface area contributed by atoms with Gasteiger partial charge in [0.1, 0.15) is 11.0 Å². The summed E-state index contributed by atoms with van der Waals surface area (Å²) in [5.41, 5.74) is 16.3. The van der Waals surface area contributed by atoms with E-state index >= 15 is 0 Å². The number of hydrogen-bond donors (Lipinski definition) is 0. The third kappa shape index (κ3) is 15.2. The quantitative estimate of drug-likeness (QED) is 0.0356. The topological polar surface area (TPSA) is 30.7 Å². The molecule has 2 aliphatic rings. The molecule has 0 unspecified atom stereocenters. The van der Waals surface area contributed by atoms with E-state index in [1.165, 1.54) is 303 Å². The summed E-state index contributed by atoms with van der Waals surface area (Å²) in [6.07, 6.45) is 56.2. The van der Waals surface area contributed by atoms with E-state index in [0.29, 0.717) is 6.04 Å². The standard InChI is InChI=1S/C77H113N3S3/c1-7-13-19-25-31-37-44-59(45-38-32-26-20-14-8-2)80-70-56-63-66(76(65-48-53-81-74(63)65,49-39-33-27-21-15-9-3)50-40-34-28-22-16-10-4)54-61(70)62-55-67-64(57-71(62)80)75-68(58-72(82-75)60-46-43-47-69-73(60)79-83-78-69)77(67,51-41-35-29-23-17-11-5)52-42-36-30-24-18-12-6/h43,46-48,53-59H,7-42,44-45,49-52H2,1-6H3. The molecular formula is C77H113N3S3. The fraction of sp³-hybridized carbons (Fsp3) is 0.662. The fourth-order valence-electron chi connectivity index (χ4n) is 15.8. The van der Waals surface area contributed by atoms with E-state index in [9.17, 15) is 0 Å². The first-order valence-electron chi connectivity index (χ1n) is 35.6. The average molecular weight is 1180 g/mol. The van der Waals surface area contributed by atoms with Crippen molar-refractivity contribution in [2.24, 2.45) is 0 Å². The second-order valence-electron chi connectivity index (χ2n) is 26.7. The molecule has 0 bridgehead atoms. The molecule has 2 aliphatic carbocycles. The number of rotatable bonds is 44. The highest BCUT2D eigenvalue weighted by Gasteiger charge is 2.47. The van der Waals surface area contributed by atoms with Crippen molar-refractivity contribution >= 4 is 67.2 Å². The predicted molar refractivity (Wildman–Crippen MR) is 371 cm³/mol. The molecule has 0 spiro atoms. The first kappa shape index (κ1) is 64.2. The molecule has 3 nitrogen and oxygen atoms in total. The highest BCUT2D eigenvalue weighted by Crippen LogP contribution is 2.62. The number of thiophene rings is 2. The molecule has 6 heteroatoms. The molecule has 83 heavy (non-hydrogen) atoms. The normalized spacial score (nSPS) is 14.1. The minimum atomic E-state index is -0.0116.